The normalized spacial score (nSPS) is 11.0. The van der Waals surface area contributed by atoms with Crippen molar-refractivity contribution in [3.63, 3.8) is 0 Å². The lowest BCUT2D eigenvalue weighted by molar-refractivity contribution is -0.120. The molecule has 0 saturated carbocycles. The van der Waals surface area contributed by atoms with Gasteiger partial charge in [0.15, 0.2) is 5.82 Å². The third kappa shape index (κ3) is 8.97. The van der Waals surface area contributed by atoms with Gasteiger partial charge in [-0.05, 0) is 45.3 Å². The van der Waals surface area contributed by atoms with Crippen molar-refractivity contribution in [3.8, 4) is 0 Å². The van der Waals surface area contributed by atoms with Crippen LogP contribution in [-0.2, 0) is 33.0 Å². The van der Waals surface area contributed by atoms with Crippen molar-refractivity contribution in [1.82, 2.24) is 38.8 Å². The molecule has 4 heterocycles. The predicted molar refractivity (Wildman–Crippen MR) is 176 cm³/mol. The molecule has 0 spiro atoms. The maximum atomic E-state index is 13.1. The van der Waals surface area contributed by atoms with Crippen LogP contribution < -0.4 is 26.6 Å². The number of anilines is 3. The molecule has 5 amide bonds. The number of aromatic nitrogens is 5. The number of carbonyl (C=O) groups is 5. The fraction of sp³-hybridized carbons (Fsp3) is 0.355. The van der Waals surface area contributed by atoms with Crippen LogP contribution in [0.2, 0.25) is 0 Å². The largest absolute Gasteiger partial charge is 0.356 e. The predicted octanol–water partition coefficient (Wildman–Crippen LogP) is 1.38. The highest BCUT2D eigenvalue weighted by molar-refractivity contribution is 6.08. The Labute approximate surface area is 272 Å². The number of carbonyl (C=O) groups excluding carboxylic acids is 5. The van der Waals surface area contributed by atoms with Crippen molar-refractivity contribution in [2.45, 2.75) is 12.8 Å². The van der Waals surface area contributed by atoms with Crippen LogP contribution >= 0.6 is 0 Å². The minimum atomic E-state index is -0.449. The van der Waals surface area contributed by atoms with Gasteiger partial charge in [0.25, 0.3) is 23.6 Å². The highest BCUT2D eigenvalue weighted by atomic mass is 16.2. The van der Waals surface area contributed by atoms with Gasteiger partial charge >= 0.3 is 0 Å². The van der Waals surface area contributed by atoms with Crippen molar-refractivity contribution in [2.24, 2.45) is 28.2 Å². The number of imidazole rings is 1. The maximum absolute atomic E-state index is 13.1. The van der Waals surface area contributed by atoms with E-state index >= 15 is 0 Å². The van der Waals surface area contributed by atoms with Crippen LogP contribution in [0.4, 0.5) is 17.1 Å². The molecule has 5 N–H and O–H groups in total. The Morgan fingerprint density at radius 1 is 0.660 bits per heavy atom. The van der Waals surface area contributed by atoms with Crippen LogP contribution in [0.15, 0.2) is 49.2 Å². The second-order valence-electron chi connectivity index (χ2n) is 11.4. The smallest absolute Gasteiger partial charge is 0.291 e. The van der Waals surface area contributed by atoms with Gasteiger partial charge in [0.1, 0.15) is 17.1 Å². The van der Waals surface area contributed by atoms with E-state index < -0.39 is 17.7 Å². The van der Waals surface area contributed by atoms with Gasteiger partial charge in [0.2, 0.25) is 5.91 Å². The quantitative estimate of drug-likeness (QED) is 0.128. The number of hydrogen-bond donors (Lipinski definition) is 5. The first kappa shape index (κ1) is 34.2. The van der Waals surface area contributed by atoms with Gasteiger partial charge in [0.05, 0.1) is 17.1 Å². The molecule has 47 heavy (non-hydrogen) atoms. The Morgan fingerprint density at radius 3 is 1.62 bits per heavy atom. The molecule has 250 valence electrons. The van der Waals surface area contributed by atoms with E-state index in [1.807, 2.05) is 19.0 Å². The molecule has 0 bridgehead atoms. The second kappa shape index (κ2) is 15.1. The highest BCUT2D eigenvalue weighted by Crippen LogP contribution is 2.20. The standard InChI is InChI=1S/C31H41N11O5/c1-38(2)12-7-9-32-26(43)8-10-34-28(44)23-14-20(17-40(23)4)35-29(45)24-15-21(18-41(24)5)36-30(46)25-16-22(19-42(25)6)37-31(47)27-33-11-13-39(27)3/h11,13-19H,7-10,12H2,1-6H3,(H,32,43)(H,34,44)(H,35,45)(H,36,46)(H,37,47). The van der Waals surface area contributed by atoms with Gasteiger partial charge in [0, 0.05) is 78.7 Å². The second-order valence-corrected chi connectivity index (χ2v) is 11.4. The summed E-state index contributed by atoms with van der Waals surface area (Å²) in [5.74, 6) is -1.59. The van der Waals surface area contributed by atoms with Gasteiger partial charge < -0.3 is 49.8 Å². The summed E-state index contributed by atoms with van der Waals surface area (Å²) in [6.07, 6.45) is 8.99. The summed E-state index contributed by atoms with van der Waals surface area (Å²) in [5.41, 5.74) is 2.07. The molecule has 4 aromatic heterocycles. The molecule has 0 aliphatic heterocycles. The summed E-state index contributed by atoms with van der Waals surface area (Å²) in [6, 6.07) is 4.61. The molecule has 0 aliphatic carbocycles. The van der Waals surface area contributed by atoms with Crippen LogP contribution in [0.1, 0.15) is 54.9 Å². The Hall–Kier alpha value is -5.64. The zero-order valence-electron chi connectivity index (χ0n) is 27.4. The van der Waals surface area contributed by atoms with E-state index in [2.05, 4.69) is 31.6 Å². The number of rotatable bonds is 14. The van der Waals surface area contributed by atoms with E-state index in [4.69, 9.17) is 0 Å². The fourth-order valence-corrected chi connectivity index (χ4v) is 4.83. The molecule has 0 aliphatic rings. The highest BCUT2D eigenvalue weighted by Gasteiger charge is 2.20. The number of aryl methyl sites for hydroxylation is 4. The average molecular weight is 648 g/mol. The Bertz CT molecular complexity index is 1770. The van der Waals surface area contributed by atoms with Crippen molar-refractivity contribution >= 4 is 46.6 Å². The van der Waals surface area contributed by atoms with E-state index in [-0.39, 0.29) is 42.0 Å². The van der Waals surface area contributed by atoms with Crippen molar-refractivity contribution in [2.75, 3.05) is 49.7 Å². The summed E-state index contributed by atoms with van der Waals surface area (Å²) >= 11 is 0. The Morgan fingerprint density at radius 2 is 1.15 bits per heavy atom. The minimum Gasteiger partial charge on any atom is -0.356 e. The number of hydrogen-bond acceptors (Lipinski definition) is 7. The monoisotopic (exact) mass is 647 g/mol. The summed E-state index contributed by atoms with van der Waals surface area (Å²) in [7, 11) is 10.7. The lowest BCUT2D eigenvalue weighted by atomic mass is 10.3. The van der Waals surface area contributed by atoms with E-state index in [0.717, 1.165) is 13.0 Å². The molecule has 0 saturated heterocycles. The first-order chi connectivity index (χ1) is 22.3. The van der Waals surface area contributed by atoms with Gasteiger partial charge in [-0.2, -0.15) is 0 Å². The lowest BCUT2D eigenvalue weighted by Crippen LogP contribution is -2.32. The zero-order valence-corrected chi connectivity index (χ0v) is 27.4. The molecule has 0 aromatic carbocycles. The molecule has 0 fully saturated rings. The molecule has 0 radical (unpaired) electrons. The van der Waals surface area contributed by atoms with E-state index in [1.54, 1.807) is 77.3 Å². The zero-order chi connectivity index (χ0) is 34.2. The summed E-state index contributed by atoms with van der Waals surface area (Å²) < 4.78 is 6.31. The van der Waals surface area contributed by atoms with Crippen molar-refractivity contribution in [1.29, 1.82) is 0 Å². The third-order valence-corrected chi connectivity index (χ3v) is 7.25. The molecule has 0 atom stereocenters. The maximum Gasteiger partial charge on any atom is 0.291 e. The van der Waals surface area contributed by atoms with Gasteiger partial charge in [-0.1, -0.05) is 0 Å². The third-order valence-electron chi connectivity index (χ3n) is 7.25. The molecule has 0 unspecified atom stereocenters. The first-order valence-electron chi connectivity index (χ1n) is 14.9. The van der Waals surface area contributed by atoms with Gasteiger partial charge in [-0.25, -0.2) is 4.98 Å². The topological polar surface area (TPSA) is 181 Å². The molecule has 16 nitrogen and oxygen atoms in total. The molecular weight excluding hydrogens is 606 g/mol. The number of nitrogens with zero attached hydrogens (tertiary/aromatic N) is 6. The molecule has 4 aromatic rings. The van der Waals surface area contributed by atoms with Crippen molar-refractivity contribution in [3.05, 3.63) is 72.1 Å². The SMILES string of the molecule is CN(C)CCCNC(=O)CCNC(=O)c1cc(NC(=O)c2cc(NC(=O)c3cc(NC(=O)c4nccn4C)cn3C)cn2C)cn1C. The minimum absolute atomic E-state index is 0.138. The number of amides is 5. The van der Waals surface area contributed by atoms with Crippen LogP contribution in [-0.4, -0.2) is 91.4 Å². The average Bonchev–Trinajstić information content (AvgIpc) is 3.77. The van der Waals surface area contributed by atoms with Crippen LogP contribution in [0.3, 0.4) is 0 Å². The van der Waals surface area contributed by atoms with Crippen LogP contribution in [0.5, 0.6) is 0 Å². The number of nitrogens with one attached hydrogen (secondary N) is 5. The van der Waals surface area contributed by atoms with E-state index in [0.29, 0.717) is 29.3 Å². The Kier molecular flexibility index (Phi) is 11.0. The van der Waals surface area contributed by atoms with Crippen LogP contribution in [0, 0.1) is 0 Å². The van der Waals surface area contributed by atoms with Crippen LogP contribution in [0.25, 0.3) is 0 Å². The van der Waals surface area contributed by atoms with Crippen molar-refractivity contribution < 1.29 is 24.0 Å². The fourth-order valence-electron chi connectivity index (χ4n) is 4.83. The molecule has 16 heteroatoms. The molecule has 4 rings (SSSR count). The van der Waals surface area contributed by atoms with Gasteiger partial charge in [-0.3, -0.25) is 24.0 Å². The Balaban J connectivity index is 1.30. The molecular formula is C31H41N11O5. The summed E-state index contributed by atoms with van der Waals surface area (Å²) in [6.45, 7) is 1.62. The summed E-state index contributed by atoms with van der Waals surface area (Å²) in [5, 5.41) is 13.9. The van der Waals surface area contributed by atoms with E-state index in [9.17, 15) is 24.0 Å². The summed E-state index contributed by atoms with van der Waals surface area (Å²) in [4.78, 5) is 69.5. The van der Waals surface area contributed by atoms with E-state index in [1.165, 1.54) is 18.3 Å². The first-order valence-corrected chi connectivity index (χ1v) is 14.9. The lowest BCUT2D eigenvalue weighted by Gasteiger charge is -2.10. The van der Waals surface area contributed by atoms with Gasteiger partial charge in [-0.15, -0.1) is 0 Å².